The first-order chi connectivity index (χ1) is 9.63. The summed E-state index contributed by atoms with van der Waals surface area (Å²) in [6.45, 7) is 6.66. The number of aryl methyl sites for hydroxylation is 1. The van der Waals surface area contributed by atoms with Crippen LogP contribution < -0.4 is 0 Å². The molecule has 0 aliphatic heterocycles. The number of hydrogen-bond acceptors (Lipinski definition) is 4. The Labute approximate surface area is 123 Å². The van der Waals surface area contributed by atoms with Gasteiger partial charge in [0.05, 0.1) is 5.69 Å². The molecular formula is C15H19N3OS. The van der Waals surface area contributed by atoms with Crippen molar-refractivity contribution in [2.45, 2.75) is 39.8 Å². The van der Waals surface area contributed by atoms with Crippen molar-refractivity contribution in [1.29, 1.82) is 0 Å². The van der Waals surface area contributed by atoms with Crippen LogP contribution in [0.2, 0.25) is 0 Å². The van der Waals surface area contributed by atoms with Gasteiger partial charge in [-0.2, -0.15) is 0 Å². The van der Waals surface area contributed by atoms with Gasteiger partial charge in [0.1, 0.15) is 4.88 Å². The van der Waals surface area contributed by atoms with Gasteiger partial charge in [-0.1, -0.05) is 41.7 Å². The van der Waals surface area contributed by atoms with E-state index >= 15 is 0 Å². The fraction of sp³-hybridized carbons (Fsp3) is 0.400. The molecule has 0 bridgehead atoms. The number of benzene rings is 1. The smallest absolute Gasteiger partial charge is 0.268 e. The number of carbonyl (C=O) groups excluding carboxylic acids is 1. The Bertz CT molecular complexity index is 566. The van der Waals surface area contributed by atoms with Gasteiger partial charge in [-0.25, -0.2) is 0 Å². The van der Waals surface area contributed by atoms with Crippen LogP contribution in [0.25, 0.3) is 0 Å². The Morgan fingerprint density at radius 3 is 2.60 bits per heavy atom. The topological polar surface area (TPSA) is 46.1 Å². The van der Waals surface area contributed by atoms with Crippen LogP contribution in [0.4, 0.5) is 0 Å². The van der Waals surface area contributed by atoms with E-state index in [1.54, 1.807) is 0 Å². The maximum Gasteiger partial charge on any atom is 0.268 e. The van der Waals surface area contributed by atoms with E-state index in [0.717, 1.165) is 17.7 Å². The van der Waals surface area contributed by atoms with E-state index in [0.29, 0.717) is 11.4 Å². The molecule has 0 spiro atoms. The van der Waals surface area contributed by atoms with E-state index in [2.05, 4.69) is 9.59 Å². The van der Waals surface area contributed by atoms with Gasteiger partial charge in [-0.05, 0) is 37.4 Å². The summed E-state index contributed by atoms with van der Waals surface area (Å²) in [4.78, 5) is 15.2. The summed E-state index contributed by atoms with van der Waals surface area (Å²) in [7, 11) is 0. The lowest BCUT2D eigenvalue weighted by atomic mass is 10.1. The third-order valence-corrected chi connectivity index (χ3v) is 3.92. The highest BCUT2D eigenvalue weighted by molar-refractivity contribution is 7.08. The molecule has 0 unspecified atom stereocenters. The summed E-state index contributed by atoms with van der Waals surface area (Å²) in [5.74, 6) is 0.0238. The average molecular weight is 289 g/mol. The Balaban J connectivity index is 2.23. The maximum absolute atomic E-state index is 12.7. The zero-order valence-electron chi connectivity index (χ0n) is 12.0. The molecular weight excluding hydrogens is 270 g/mol. The molecule has 0 atom stereocenters. The normalized spacial score (nSPS) is 10.8. The van der Waals surface area contributed by atoms with Crippen molar-refractivity contribution >= 4 is 17.4 Å². The van der Waals surface area contributed by atoms with E-state index < -0.39 is 0 Å². The van der Waals surface area contributed by atoms with Crippen molar-refractivity contribution in [3.63, 3.8) is 0 Å². The van der Waals surface area contributed by atoms with Gasteiger partial charge in [-0.15, -0.1) is 5.10 Å². The minimum absolute atomic E-state index is 0.0238. The SMILES string of the molecule is CCc1nnsc1C(=O)N(Cc1ccccc1)C(C)C. The molecule has 1 aromatic heterocycles. The van der Waals surface area contributed by atoms with Crippen LogP contribution in [0.5, 0.6) is 0 Å². The molecule has 0 N–H and O–H groups in total. The summed E-state index contributed by atoms with van der Waals surface area (Å²) in [6, 6.07) is 10.2. The second-order valence-corrected chi connectivity index (χ2v) is 5.67. The zero-order valence-corrected chi connectivity index (χ0v) is 12.9. The van der Waals surface area contributed by atoms with E-state index in [-0.39, 0.29) is 11.9 Å². The Hall–Kier alpha value is -1.75. The molecule has 0 radical (unpaired) electrons. The molecule has 0 fully saturated rings. The van der Waals surface area contributed by atoms with E-state index in [4.69, 9.17) is 0 Å². The lowest BCUT2D eigenvalue weighted by molar-refractivity contribution is 0.0694. The van der Waals surface area contributed by atoms with Gasteiger partial charge >= 0.3 is 0 Å². The zero-order chi connectivity index (χ0) is 14.5. The predicted molar refractivity (Wildman–Crippen MR) is 80.7 cm³/mol. The molecule has 20 heavy (non-hydrogen) atoms. The molecule has 5 heteroatoms. The van der Waals surface area contributed by atoms with Crippen molar-refractivity contribution in [3.05, 3.63) is 46.5 Å². The molecule has 0 aliphatic rings. The van der Waals surface area contributed by atoms with Gasteiger partial charge in [0.25, 0.3) is 5.91 Å². The predicted octanol–water partition coefficient (Wildman–Crippen LogP) is 3.15. The number of hydrogen-bond donors (Lipinski definition) is 0. The van der Waals surface area contributed by atoms with Crippen LogP contribution >= 0.6 is 11.5 Å². The largest absolute Gasteiger partial charge is 0.331 e. The number of amides is 1. The van der Waals surface area contributed by atoms with Crippen LogP contribution in [0.15, 0.2) is 30.3 Å². The minimum atomic E-state index is 0.0238. The maximum atomic E-state index is 12.7. The first-order valence-corrected chi connectivity index (χ1v) is 7.57. The van der Waals surface area contributed by atoms with Gasteiger partial charge in [0.15, 0.2) is 0 Å². The van der Waals surface area contributed by atoms with Crippen molar-refractivity contribution in [2.24, 2.45) is 0 Å². The molecule has 0 aliphatic carbocycles. The molecule has 0 saturated carbocycles. The Morgan fingerprint density at radius 1 is 1.30 bits per heavy atom. The quantitative estimate of drug-likeness (QED) is 0.849. The monoisotopic (exact) mass is 289 g/mol. The summed E-state index contributed by atoms with van der Waals surface area (Å²) >= 11 is 1.19. The second-order valence-electron chi connectivity index (χ2n) is 4.91. The number of rotatable bonds is 5. The molecule has 2 rings (SSSR count). The third kappa shape index (κ3) is 3.22. The Kier molecular flexibility index (Phi) is 4.84. The lowest BCUT2D eigenvalue weighted by Crippen LogP contribution is -2.36. The Morgan fingerprint density at radius 2 is 2.00 bits per heavy atom. The fourth-order valence-electron chi connectivity index (χ4n) is 2.00. The highest BCUT2D eigenvalue weighted by atomic mass is 32.1. The van der Waals surface area contributed by atoms with Gasteiger partial charge in [-0.3, -0.25) is 4.79 Å². The summed E-state index contributed by atoms with van der Waals surface area (Å²) in [5.41, 5.74) is 1.92. The van der Waals surface area contributed by atoms with Crippen molar-refractivity contribution in [2.75, 3.05) is 0 Å². The highest BCUT2D eigenvalue weighted by Crippen LogP contribution is 2.18. The van der Waals surface area contributed by atoms with Gasteiger partial charge < -0.3 is 4.90 Å². The number of nitrogens with zero attached hydrogens (tertiary/aromatic N) is 3. The molecule has 1 heterocycles. The van der Waals surface area contributed by atoms with Gasteiger partial charge in [0, 0.05) is 12.6 Å². The minimum Gasteiger partial charge on any atom is -0.331 e. The standard InChI is InChI=1S/C15H19N3OS/c1-4-13-14(20-17-16-13)15(19)18(11(2)3)10-12-8-6-5-7-9-12/h5-9,11H,4,10H2,1-3H3. The molecule has 2 aromatic rings. The molecule has 0 saturated heterocycles. The highest BCUT2D eigenvalue weighted by Gasteiger charge is 2.23. The second kappa shape index (κ2) is 6.61. The van der Waals surface area contributed by atoms with Crippen molar-refractivity contribution in [1.82, 2.24) is 14.5 Å². The van der Waals surface area contributed by atoms with E-state index in [1.807, 2.05) is 56.0 Å². The van der Waals surface area contributed by atoms with E-state index in [1.165, 1.54) is 11.5 Å². The molecule has 1 amide bonds. The molecule has 1 aromatic carbocycles. The fourth-order valence-corrected chi connectivity index (χ4v) is 2.71. The van der Waals surface area contributed by atoms with Crippen molar-refractivity contribution in [3.8, 4) is 0 Å². The number of carbonyl (C=O) groups is 1. The van der Waals surface area contributed by atoms with Crippen molar-refractivity contribution < 1.29 is 4.79 Å². The third-order valence-electron chi connectivity index (χ3n) is 3.16. The average Bonchev–Trinajstić information content (AvgIpc) is 2.93. The van der Waals surface area contributed by atoms with Crippen LogP contribution in [0, 0.1) is 0 Å². The lowest BCUT2D eigenvalue weighted by Gasteiger charge is -2.26. The number of aromatic nitrogens is 2. The van der Waals surface area contributed by atoms with Crippen LogP contribution in [-0.4, -0.2) is 26.4 Å². The van der Waals surface area contributed by atoms with Crippen LogP contribution in [0.3, 0.4) is 0 Å². The summed E-state index contributed by atoms with van der Waals surface area (Å²) in [5, 5.41) is 4.03. The molecule has 106 valence electrons. The molecule has 4 nitrogen and oxygen atoms in total. The first kappa shape index (κ1) is 14.7. The van der Waals surface area contributed by atoms with Crippen LogP contribution in [0.1, 0.15) is 41.7 Å². The van der Waals surface area contributed by atoms with Crippen LogP contribution in [-0.2, 0) is 13.0 Å². The summed E-state index contributed by atoms with van der Waals surface area (Å²) < 4.78 is 3.91. The van der Waals surface area contributed by atoms with Gasteiger partial charge in [0.2, 0.25) is 0 Å². The summed E-state index contributed by atoms with van der Waals surface area (Å²) in [6.07, 6.45) is 0.731. The van der Waals surface area contributed by atoms with E-state index in [9.17, 15) is 4.79 Å². The first-order valence-electron chi connectivity index (χ1n) is 6.79.